The molecule has 0 aliphatic carbocycles. The van der Waals surface area contributed by atoms with Crippen molar-refractivity contribution in [2.24, 2.45) is 0 Å². The number of benzene rings is 3. The number of aliphatic hydroxyl groups is 1. The van der Waals surface area contributed by atoms with E-state index in [1.807, 2.05) is 68.4 Å². The highest BCUT2D eigenvalue weighted by Crippen LogP contribution is 2.29. The minimum atomic E-state index is -4.33. The van der Waals surface area contributed by atoms with Gasteiger partial charge in [0.05, 0.1) is 20.2 Å². The summed E-state index contributed by atoms with van der Waals surface area (Å²) < 4.78 is 56.0. The lowest BCUT2D eigenvalue weighted by Gasteiger charge is -2.44. The van der Waals surface area contributed by atoms with Crippen LogP contribution in [0.4, 0.5) is 4.39 Å². The molecule has 3 rings (SSSR count). The Balaban J connectivity index is 1.99. The van der Waals surface area contributed by atoms with Gasteiger partial charge in [0.25, 0.3) is 0 Å². The Kier molecular flexibility index (Phi) is 13.8. The van der Waals surface area contributed by atoms with Crippen molar-refractivity contribution in [2.45, 2.75) is 71.8 Å². The highest BCUT2D eigenvalue weighted by Gasteiger charge is 2.51. The predicted octanol–water partition coefficient (Wildman–Crippen LogP) is 4.88. The van der Waals surface area contributed by atoms with Crippen LogP contribution in [0.3, 0.4) is 0 Å². The summed E-state index contributed by atoms with van der Waals surface area (Å²) in [5.41, 5.74) is 2.31. The molecule has 1 amide bonds. The third-order valence-electron chi connectivity index (χ3n) is 7.74. The van der Waals surface area contributed by atoms with Crippen LogP contribution in [-0.2, 0) is 34.6 Å². The van der Waals surface area contributed by atoms with Gasteiger partial charge >= 0.3 is 10.2 Å². The second-order valence-corrected chi connectivity index (χ2v) is 13.0. The Labute approximate surface area is 267 Å². The first kappa shape index (κ1) is 36.0. The number of aliphatic hydroxyl groups excluding tert-OH is 1. The molecule has 0 aliphatic heterocycles. The van der Waals surface area contributed by atoms with Gasteiger partial charge in [0.15, 0.2) is 0 Å². The van der Waals surface area contributed by atoms with E-state index < -0.39 is 38.0 Å². The van der Waals surface area contributed by atoms with Gasteiger partial charge in [-0.2, -0.15) is 12.3 Å². The summed E-state index contributed by atoms with van der Waals surface area (Å²) in [7, 11) is -2.74. The van der Waals surface area contributed by atoms with Crippen LogP contribution in [0.15, 0.2) is 72.8 Å². The maximum Gasteiger partial charge on any atom is 0.396 e. The van der Waals surface area contributed by atoms with E-state index in [1.54, 1.807) is 20.1 Å². The molecule has 0 radical (unpaired) electrons. The zero-order valence-electron chi connectivity index (χ0n) is 26.7. The Morgan fingerprint density at radius 2 is 1.58 bits per heavy atom. The van der Waals surface area contributed by atoms with Gasteiger partial charge in [-0.1, -0.05) is 63.2 Å². The summed E-state index contributed by atoms with van der Waals surface area (Å²) in [5, 5.41) is 15.0. The number of nitrogens with zero attached hydrogens (tertiary/aromatic N) is 1. The van der Waals surface area contributed by atoms with E-state index in [0.29, 0.717) is 36.4 Å². The number of methoxy groups -OCH3 is 1. The van der Waals surface area contributed by atoms with Crippen LogP contribution in [0.2, 0.25) is 0 Å². The van der Waals surface area contributed by atoms with Gasteiger partial charge in [-0.15, -0.1) is 0 Å². The molecule has 3 aromatic carbocycles. The van der Waals surface area contributed by atoms with Crippen molar-refractivity contribution in [3.63, 3.8) is 0 Å². The number of hydrogen-bond acceptors (Lipinski definition) is 7. The summed E-state index contributed by atoms with van der Waals surface area (Å²) in [6.07, 6.45) is -0.243. The molecule has 0 saturated heterocycles. The fraction of sp³-hybridized carbons (Fsp3) is 0.441. The minimum absolute atomic E-state index is 0.0151. The van der Waals surface area contributed by atoms with Crippen LogP contribution >= 0.6 is 0 Å². The number of nitrogens with one attached hydrogen (secondary N) is 2. The van der Waals surface area contributed by atoms with Crippen molar-refractivity contribution < 1.29 is 36.1 Å². The second kappa shape index (κ2) is 17.3. The molecule has 0 aromatic heterocycles. The zero-order chi connectivity index (χ0) is 32.9. The first-order chi connectivity index (χ1) is 21.6. The van der Waals surface area contributed by atoms with Gasteiger partial charge in [-0.05, 0) is 53.8 Å². The summed E-state index contributed by atoms with van der Waals surface area (Å²) in [6, 6.07) is 20.3. The van der Waals surface area contributed by atoms with Crippen molar-refractivity contribution in [2.75, 3.05) is 26.7 Å². The van der Waals surface area contributed by atoms with E-state index in [4.69, 9.17) is 9.47 Å². The molecule has 9 nitrogen and oxygen atoms in total. The lowest BCUT2D eigenvalue weighted by atomic mass is 9.98. The smallest absolute Gasteiger partial charge is 0.396 e. The zero-order valence-corrected chi connectivity index (χ0v) is 27.5. The van der Waals surface area contributed by atoms with Crippen molar-refractivity contribution in [1.82, 2.24) is 10.0 Å². The predicted molar refractivity (Wildman–Crippen MR) is 173 cm³/mol. The van der Waals surface area contributed by atoms with Gasteiger partial charge < -0.3 is 19.9 Å². The molecule has 246 valence electrons. The van der Waals surface area contributed by atoms with E-state index >= 15 is 0 Å². The molecule has 11 heteroatoms. The fourth-order valence-corrected chi connectivity index (χ4v) is 7.66. The average molecular weight is 645 g/mol. The molecule has 0 bridgehead atoms. The molecule has 0 saturated carbocycles. The molecule has 0 spiro atoms. The van der Waals surface area contributed by atoms with Gasteiger partial charge in [0.1, 0.15) is 36.1 Å². The number of halogens is 1. The quantitative estimate of drug-likeness (QED) is 0.159. The topological polar surface area (TPSA) is 114 Å². The van der Waals surface area contributed by atoms with Gasteiger partial charge in [0, 0.05) is 32.0 Å². The van der Waals surface area contributed by atoms with Crippen LogP contribution in [0.25, 0.3) is 0 Å². The third-order valence-corrected chi connectivity index (χ3v) is 9.82. The highest BCUT2D eigenvalue weighted by atomic mass is 32.2. The van der Waals surface area contributed by atoms with Crippen LogP contribution in [-0.4, -0.2) is 62.2 Å². The van der Waals surface area contributed by atoms with E-state index in [0.717, 1.165) is 11.1 Å². The highest BCUT2D eigenvalue weighted by molar-refractivity contribution is 7.84. The van der Waals surface area contributed by atoms with Crippen LogP contribution in [0, 0.1) is 5.82 Å². The van der Waals surface area contributed by atoms with Crippen LogP contribution in [0.1, 0.15) is 56.7 Å². The maximum absolute atomic E-state index is 15.0. The lowest BCUT2D eigenvalue weighted by molar-refractivity contribution is -0.838. The number of carbonyl (C=O) groups excluding carboxylic acids is 1. The molecule has 2 atom stereocenters. The molecular weight excluding hydrogens is 597 g/mol. The first-order valence-corrected chi connectivity index (χ1v) is 16.9. The second-order valence-electron chi connectivity index (χ2n) is 11.1. The molecule has 45 heavy (non-hydrogen) atoms. The number of amides is 1. The van der Waals surface area contributed by atoms with Crippen molar-refractivity contribution in [3.05, 3.63) is 95.3 Å². The van der Waals surface area contributed by atoms with Crippen molar-refractivity contribution in [1.29, 1.82) is 0 Å². The number of quaternary nitrogens is 1. The molecule has 2 unspecified atom stereocenters. The van der Waals surface area contributed by atoms with Crippen molar-refractivity contribution >= 4 is 16.1 Å². The number of carbonyl (C=O) groups is 1. The Morgan fingerprint density at radius 1 is 0.911 bits per heavy atom. The molecular formula is C34H47FN3O6S+. The average Bonchev–Trinajstić information content (AvgIpc) is 3.02. The summed E-state index contributed by atoms with van der Waals surface area (Å²) >= 11 is 0. The number of hydrogen-bond donors (Lipinski definition) is 3. The Hall–Kier alpha value is -3.51. The van der Waals surface area contributed by atoms with E-state index in [2.05, 4.69) is 10.0 Å². The van der Waals surface area contributed by atoms with Crippen molar-refractivity contribution in [3.8, 4) is 11.5 Å². The normalized spacial score (nSPS) is 13.2. The van der Waals surface area contributed by atoms with Gasteiger partial charge in [-0.3, -0.25) is 4.79 Å². The summed E-state index contributed by atoms with van der Waals surface area (Å²) in [5.74, 6) is -0.171. The monoisotopic (exact) mass is 644 g/mol. The molecule has 3 N–H and O–H groups in total. The molecule has 0 fully saturated rings. The van der Waals surface area contributed by atoms with Gasteiger partial charge in [-0.25, -0.2) is 9.11 Å². The van der Waals surface area contributed by atoms with Crippen LogP contribution < -0.4 is 19.5 Å². The number of rotatable bonds is 19. The largest absolute Gasteiger partial charge is 0.497 e. The minimum Gasteiger partial charge on any atom is -0.497 e. The van der Waals surface area contributed by atoms with Crippen LogP contribution in [0.5, 0.6) is 11.5 Å². The molecule has 0 aliphatic rings. The summed E-state index contributed by atoms with van der Waals surface area (Å²) in [6.45, 7) is 6.28. The number of ether oxygens (including phenoxy) is 2. The SMILES string of the molecule is CCC[N+](CCC)(C(Cc1cc(F)cc(OCc2ccccc2)c1)C(O)CNCc1cccc(OC)c1)S(=O)(=O)NC(=O)CC. The Bertz CT molecular complexity index is 1470. The van der Waals surface area contributed by atoms with E-state index in [9.17, 15) is 22.7 Å². The molecule has 0 heterocycles. The fourth-order valence-electron chi connectivity index (χ4n) is 5.63. The van der Waals surface area contributed by atoms with E-state index in [1.165, 1.54) is 12.1 Å². The maximum atomic E-state index is 15.0. The standard InChI is InChI=1S/C34H46FN3O6S/c1-5-16-38(17-6-2,45(41,42)37-34(40)7-3)32(33(39)24-36-23-27-14-11-15-30(19-27)43-4)21-28-18-29(35)22-31(20-28)44-25-26-12-9-8-10-13-26/h8-15,18-20,22,32-33,36,39H,5-7,16-17,21,23-25H2,1-4H3/p+1. The third kappa shape index (κ3) is 9.99. The molecule has 3 aromatic rings. The summed E-state index contributed by atoms with van der Waals surface area (Å²) in [4.78, 5) is 12.4. The first-order valence-electron chi connectivity index (χ1n) is 15.5. The Morgan fingerprint density at radius 3 is 2.22 bits per heavy atom. The lowest BCUT2D eigenvalue weighted by Crippen LogP contribution is -2.68. The van der Waals surface area contributed by atoms with Gasteiger partial charge in [0.2, 0.25) is 5.91 Å². The van der Waals surface area contributed by atoms with E-state index in [-0.39, 0.29) is 39.1 Å².